The summed E-state index contributed by atoms with van der Waals surface area (Å²) in [5.74, 6) is -1.31. The molecule has 0 spiro atoms. The van der Waals surface area contributed by atoms with Gasteiger partial charge in [0.1, 0.15) is 6.17 Å². The summed E-state index contributed by atoms with van der Waals surface area (Å²) in [6.07, 6.45) is 2.67. The van der Waals surface area contributed by atoms with E-state index in [2.05, 4.69) is 16.0 Å². The van der Waals surface area contributed by atoms with Gasteiger partial charge in [0.2, 0.25) is 0 Å². The molecule has 142 valence electrons. The first kappa shape index (κ1) is 18.8. The molecule has 0 bridgehead atoms. The predicted molar refractivity (Wildman–Crippen MR) is 96.3 cm³/mol. The minimum Gasteiger partial charge on any atom is -0.392 e. The number of anilines is 1. The standard InChI is InChI=1S/C19H26FN3O3/c20-14-3-1-2-12(8-14)9-22-18(25)19(26)23-17-5-4-13(11-24)16-10-21-7-6-15(16)17/h4-5,12,14,21,24H,1-3,6-11H2,(H,22,25)(H,23,26). The second kappa shape index (κ2) is 8.60. The van der Waals surface area contributed by atoms with Crippen molar-refractivity contribution in [1.29, 1.82) is 0 Å². The third-order valence-corrected chi connectivity index (χ3v) is 5.28. The summed E-state index contributed by atoms with van der Waals surface area (Å²) in [6, 6.07) is 3.50. The van der Waals surface area contributed by atoms with Crippen LogP contribution in [0.25, 0.3) is 0 Å². The summed E-state index contributed by atoms with van der Waals surface area (Å²) in [6.45, 7) is 1.68. The van der Waals surface area contributed by atoms with Crippen LogP contribution in [0.5, 0.6) is 0 Å². The first-order chi connectivity index (χ1) is 12.6. The average Bonchev–Trinajstić information content (AvgIpc) is 2.66. The smallest absolute Gasteiger partial charge is 0.313 e. The zero-order valence-electron chi connectivity index (χ0n) is 14.8. The molecule has 1 aliphatic heterocycles. The zero-order valence-corrected chi connectivity index (χ0v) is 14.8. The molecule has 0 aromatic heterocycles. The van der Waals surface area contributed by atoms with Crippen LogP contribution in [-0.4, -0.2) is 36.2 Å². The van der Waals surface area contributed by atoms with Crippen molar-refractivity contribution in [1.82, 2.24) is 10.6 Å². The number of rotatable bonds is 4. The minimum absolute atomic E-state index is 0.0598. The molecule has 1 heterocycles. The normalized spacial score (nSPS) is 22.4. The molecule has 2 unspecified atom stereocenters. The molecule has 2 atom stereocenters. The van der Waals surface area contributed by atoms with Crippen molar-refractivity contribution in [3.63, 3.8) is 0 Å². The number of carbonyl (C=O) groups excluding carboxylic acids is 2. The van der Waals surface area contributed by atoms with Crippen molar-refractivity contribution >= 4 is 17.5 Å². The van der Waals surface area contributed by atoms with Gasteiger partial charge in [0.05, 0.1) is 6.61 Å². The molecule has 1 aromatic rings. The van der Waals surface area contributed by atoms with E-state index in [-0.39, 0.29) is 12.5 Å². The van der Waals surface area contributed by atoms with E-state index in [9.17, 15) is 19.1 Å². The molecule has 1 saturated carbocycles. The fourth-order valence-corrected chi connectivity index (χ4v) is 3.85. The quantitative estimate of drug-likeness (QED) is 0.609. The fraction of sp³-hybridized carbons (Fsp3) is 0.579. The van der Waals surface area contributed by atoms with E-state index >= 15 is 0 Å². The number of aliphatic hydroxyl groups excluding tert-OH is 1. The molecule has 2 aliphatic rings. The minimum atomic E-state index is -0.801. The zero-order chi connectivity index (χ0) is 18.5. The van der Waals surface area contributed by atoms with Gasteiger partial charge in [-0.1, -0.05) is 12.5 Å². The molecular formula is C19H26FN3O3. The van der Waals surface area contributed by atoms with Crippen LogP contribution in [0.2, 0.25) is 0 Å². The van der Waals surface area contributed by atoms with Gasteiger partial charge < -0.3 is 21.1 Å². The molecule has 2 amide bonds. The number of nitrogens with one attached hydrogen (secondary N) is 3. The average molecular weight is 363 g/mol. The summed E-state index contributed by atoms with van der Waals surface area (Å²) in [4.78, 5) is 24.3. The van der Waals surface area contributed by atoms with Gasteiger partial charge in [0.25, 0.3) is 0 Å². The Balaban J connectivity index is 1.60. The third kappa shape index (κ3) is 4.40. The second-order valence-electron chi connectivity index (χ2n) is 7.11. The van der Waals surface area contributed by atoms with Crippen molar-refractivity contribution in [3.05, 3.63) is 28.8 Å². The molecular weight excluding hydrogens is 337 g/mol. The number of alkyl halides is 1. The number of aliphatic hydroxyl groups is 1. The lowest BCUT2D eigenvalue weighted by Crippen LogP contribution is -2.39. The number of halogens is 1. The molecule has 1 aliphatic carbocycles. The predicted octanol–water partition coefficient (Wildman–Crippen LogP) is 1.41. The van der Waals surface area contributed by atoms with Crippen molar-refractivity contribution in [2.75, 3.05) is 18.4 Å². The van der Waals surface area contributed by atoms with E-state index in [1.165, 1.54) is 0 Å². The Morgan fingerprint density at radius 3 is 2.85 bits per heavy atom. The Morgan fingerprint density at radius 2 is 2.08 bits per heavy atom. The van der Waals surface area contributed by atoms with Crippen LogP contribution >= 0.6 is 0 Å². The van der Waals surface area contributed by atoms with E-state index < -0.39 is 18.0 Å². The van der Waals surface area contributed by atoms with Crippen LogP contribution in [-0.2, 0) is 29.2 Å². The van der Waals surface area contributed by atoms with Crippen LogP contribution < -0.4 is 16.0 Å². The highest BCUT2D eigenvalue weighted by atomic mass is 19.1. The molecule has 6 nitrogen and oxygen atoms in total. The fourth-order valence-electron chi connectivity index (χ4n) is 3.85. The highest BCUT2D eigenvalue weighted by molar-refractivity contribution is 6.39. The van der Waals surface area contributed by atoms with E-state index in [4.69, 9.17) is 0 Å². The Kier molecular flexibility index (Phi) is 6.21. The van der Waals surface area contributed by atoms with Gasteiger partial charge in [0.15, 0.2) is 0 Å². The Morgan fingerprint density at radius 1 is 1.23 bits per heavy atom. The molecule has 3 rings (SSSR count). The molecule has 1 fully saturated rings. The van der Waals surface area contributed by atoms with Crippen molar-refractivity contribution in [2.45, 2.75) is 51.4 Å². The lowest BCUT2D eigenvalue weighted by Gasteiger charge is -2.25. The lowest BCUT2D eigenvalue weighted by molar-refractivity contribution is -0.136. The number of hydrogen-bond donors (Lipinski definition) is 4. The van der Waals surface area contributed by atoms with Crippen molar-refractivity contribution < 1.29 is 19.1 Å². The highest BCUT2D eigenvalue weighted by Gasteiger charge is 2.24. The maximum atomic E-state index is 13.4. The number of fused-ring (bicyclic) bond motifs is 1. The first-order valence-corrected chi connectivity index (χ1v) is 9.27. The van der Waals surface area contributed by atoms with Gasteiger partial charge >= 0.3 is 11.8 Å². The summed E-state index contributed by atoms with van der Waals surface area (Å²) in [5, 5.41) is 18.0. The highest BCUT2D eigenvalue weighted by Crippen LogP contribution is 2.27. The summed E-state index contributed by atoms with van der Waals surface area (Å²) in [5.41, 5.74) is 3.38. The molecule has 0 radical (unpaired) electrons. The maximum Gasteiger partial charge on any atom is 0.313 e. The van der Waals surface area contributed by atoms with Gasteiger partial charge in [-0.15, -0.1) is 0 Å². The number of benzene rings is 1. The third-order valence-electron chi connectivity index (χ3n) is 5.28. The lowest BCUT2D eigenvalue weighted by atomic mass is 9.88. The number of amides is 2. The van der Waals surface area contributed by atoms with Crippen LogP contribution in [0.3, 0.4) is 0 Å². The Labute approximate surface area is 152 Å². The van der Waals surface area contributed by atoms with Crippen LogP contribution in [0.4, 0.5) is 10.1 Å². The molecule has 0 saturated heterocycles. The van der Waals surface area contributed by atoms with Gasteiger partial charge in [-0.2, -0.15) is 0 Å². The van der Waals surface area contributed by atoms with Crippen LogP contribution in [0.1, 0.15) is 42.4 Å². The number of hydrogen-bond acceptors (Lipinski definition) is 4. The van der Waals surface area contributed by atoms with Crippen molar-refractivity contribution in [3.8, 4) is 0 Å². The van der Waals surface area contributed by atoms with Gasteiger partial charge in [-0.25, -0.2) is 4.39 Å². The van der Waals surface area contributed by atoms with Crippen molar-refractivity contribution in [2.24, 2.45) is 5.92 Å². The second-order valence-corrected chi connectivity index (χ2v) is 7.11. The molecule has 7 heteroatoms. The van der Waals surface area contributed by atoms with E-state index in [0.29, 0.717) is 31.6 Å². The van der Waals surface area contributed by atoms with Gasteiger partial charge in [0, 0.05) is 18.8 Å². The monoisotopic (exact) mass is 363 g/mol. The first-order valence-electron chi connectivity index (χ1n) is 9.27. The Hall–Kier alpha value is -1.99. The maximum absolute atomic E-state index is 13.4. The SMILES string of the molecule is O=C(NCC1CCCC(F)C1)C(=O)Nc1ccc(CO)c2c1CCNC2. The number of carbonyl (C=O) groups is 2. The molecule has 26 heavy (non-hydrogen) atoms. The van der Waals surface area contributed by atoms with Gasteiger partial charge in [-0.3, -0.25) is 9.59 Å². The van der Waals surface area contributed by atoms with Gasteiger partial charge in [-0.05, 0) is 60.9 Å². The van der Waals surface area contributed by atoms with E-state index in [0.717, 1.165) is 42.5 Å². The van der Waals surface area contributed by atoms with E-state index in [1.807, 2.05) is 0 Å². The largest absolute Gasteiger partial charge is 0.392 e. The van der Waals surface area contributed by atoms with E-state index in [1.54, 1.807) is 12.1 Å². The summed E-state index contributed by atoms with van der Waals surface area (Å²) >= 11 is 0. The Bertz CT molecular complexity index is 680. The topological polar surface area (TPSA) is 90.5 Å². The van der Waals surface area contributed by atoms with Crippen LogP contribution in [0, 0.1) is 5.92 Å². The summed E-state index contributed by atoms with van der Waals surface area (Å²) < 4.78 is 13.4. The molecule has 1 aromatic carbocycles. The molecule has 4 N–H and O–H groups in total. The van der Waals surface area contributed by atoms with Crippen LogP contribution in [0.15, 0.2) is 12.1 Å². The summed E-state index contributed by atoms with van der Waals surface area (Å²) in [7, 11) is 0.